The average molecular weight is 263 g/mol. The number of aliphatic carboxylic acids is 1. The fourth-order valence-electron chi connectivity index (χ4n) is 1.53. The Hall–Kier alpha value is -1.76. The topological polar surface area (TPSA) is 72.5 Å². The van der Waals surface area contributed by atoms with Gasteiger partial charge in [-0.05, 0) is 17.7 Å². The van der Waals surface area contributed by atoms with Crippen molar-refractivity contribution in [2.24, 2.45) is 5.73 Å². The molecule has 1 atom stereocenters. The number of methoxy groups -OCH3 is 1. The Balaban J connectivity index is 3.22. The van der Waals surface area contributed by atoms with E-state index in [-0.39, 0.29) is 11.3 Å². The smallest absolute Gasteiger partial charge is 0.416 e. The monoisotopic (exact) mass is 263 g/mol. The first-order valence-corrected chi connectivity index (χ1v) is 4.98. The predicted octanol–water partition coefficient (Wildman–Crippen LogP) is 2.19. The number of halogens is 3. The normalized spacial score (nSPS) is 13.2. The third-order valence-corrected chi connectivity index (χ3v) is 2.36. The summed E-state index contributed by atoms with van der Waals surface area (Å²) < 4.78 is 43.1. The van der Waals surface area contributed by atoms with Crippen LogP contribution in [0, 0.1) is 0 Å². The number of benzene rings is 1. The largest absolute Gasteiger partial charge is 0.497 e. The Labute approximate surface area is 101 Å². The van der Waals surface area contributed by atoms with Crippen LogP contribution in [0.3, 0.4) is 0 Å². The number of alkyl halides is 3. The van der Waals surface area contributed by atoms with Gasteiger partial charge in [0.2, 0.25) is 0 Å². The van der Waals surface area contributed by atoms with Crippen molar-refractivity contribution in [2.75, 3.05) is 7.11 Å². The van der Waals surface area contributed by atoms with Crippen molar-refractivity contribution >= 4 is 5.97 Å². The first kappa shape index (κ1) is 14.3. The molecule has 0 aliphatic carbocycles. The van der Waals surface area contributed by atoms with Crippen LogP contribution in [0.25, 0.3) is 0 Å². The van der Waals surface area contributed by atoms with Gasteiger partial charge >= 0.3 is 12.1 Å². The van der Waals surface area contributed by atoms with E-state index in [1.165, 1.54) is 13.2 Å². The van der Waals surface area contributed by atoms with Crippen LogP contribution in [0.4, 0.5) is 13.2 Å². The summed E-state index contributed by atoms with van der Waals surface area (Å²) in [7, 11) is 1.24. The molecule has 0 saturated heterocycles. The number of nitrogens with two attached hydrogens (primary N) is 1. The molecule has 0 saturated carbocycles. The summed E-state index contributed by atoms with van der Waals surface area (Å²) in [5.74, 6) is -1.22. The van der Waals surface area contributed by atoms with Gasteiger partial charge in [-0.1, -0.05) is 6.07 Å². The SMILES string of the molecule is COc1ccc(C(N)CC(=O)O)c(C(F)(F)F)c1. The second kappa shape index (κ2) is 5.26. The maximum atomic E-state index is 12.8. The fraction of sp³-hybridized carbons (Fsp3) is 0.364. The third-order valence-electron chi connectivity index (χ3n) is 2.36. The van der Waals surface area contributed by atoms with Crippen LogP contribution in [-0.2, 0) is 11.0 Å². The Morgan fingerprint density at radius 3 is 2.56 bits per heavy atom. The van der Waals surface area contributed by atoms with Crippen LogP contribution in [0.1, 0.15) is 23.6 Å². The molecule has 1 unspecified atom stereocenters. The molecule has 0 fully saturated rings. The van der Waals surface area contributed by atoms with E-state index in [1.54, 1.807) is 0 Å². The average Bonchev–Trinajstić information content (AvgIpc) is 2.26. The number of hydrogen-bond acceptors (Lipinski definition) is 3. The molecule has 0 radical (unpaired) electrons. The number of rotatable bonds is 4. The van der Waals surface area contributed by atoms with E-state index in [2.05, 4.69) is 0 Å². The van der Waals surface area contributed by atoms with Crippen molar-refractivity contribution in [2.45, 2.75) is 18.6 Å². The predicted molar refractivity (Wildman–Crippen MR) is 57.2 cm³/mol. The molecule has 0 amide bonds. The molecule has 7 heteroatoms. The zero-order valence-electron chi connectivity index (χ0n) is 9.49. The zero-order chi connectivity index (χ0) is 13.9. The molecule has 0 aliphatic rings. The Morgan fingerprint density at radius 2 is 2.11 bits per heavy atom. The molecule has 3 N–H and O–H groups in total. The van der Waals surface area contributed by atoms with Crippen LogP contribution in [0.15, 0.2) is 18.2 Å². The number of carboxylic acid groups (broad SMARTS) is 1. The van der Waals surface area contributed by atoms with Gasteiger partial charge in [-0.15, -0.1) is 0 Å². The molecule has 1 aromatic carbocycles. The maximum absolute atomic E-state index is 12.8. The number of carbonyl (C=O) groups is 1. The lowest BCUT2D eigenvalue weighted by molar-refractivity contribution is -0.140. The van der Waals surface area contributed by atoms with E-state index in [4.69, 9.17) is 15.6 Å². The van der Waals surface area contributed by atoms with E-state index in [9.17, 15) is 18.0 Å². The molecule has 0 bridgehead atoms. The fourth-order valence-corrected chi connectivity index (χ4v) is 1.53. The molecule has 0 aromatic heterocycles. The van der Waals surface area contributed by atoms with Crippen molar-refractivity contribution in [1.29, 1.82) is 0 Å². The highest BCUT2D eigenvalue weighted by Gasteiger charge is 2.35. The number of hydrogen-bond donors (Lipinski definition) is 2. The summed E-state index contributed by atoms with van der Waals surface area (Å²) in [4.78, 5) is 10.5. The molecular formula is C11H12F3NO3. The zero-order valence-corrected chi connectivity index (χ0v) is 9.49. The van der Waals surface area contributed by atoms with E-state index in [0.717, 1.165) is 12.1 Å². The van der Waals surface area contributed by atoms with Crippen molar-refractivity contribution in [3.63, 3.8) is 0 Å². The number of ether oxygens (including phenoxy) is 1. The van der Waals surface area contributed by atoms with Crippen molar-refractivity contribution < 1.29 is 27.8 Å². The molecule has 18 heavy (non-hydrogen) atoms. The van der Waals surface area contributed by atoms with Crippen LogP contribution < -0.4 is 10.5 Å². The molecule has 0 aliphatic heterocycles. The van der Waals surface area contributed by atoms with E-state index >= 15 is 0 Å². The lowest BCUT2D eigenvalue weighted by Crippen LogP contribution is -2.20. The maximum Gasteiger partial charge on any atom is 0.416 e. The van der Waals surface area contributed by atoms with Gasteiger partial charge in [0.15, 0.2) is 0 Å². The summed E-state index contributed by atoms with van der Waals surface area (Å²) in [6, 6.07) is 2.03. The quantitative estimate of drug-likeness (QED) is 0.873. The molecule has 0 spiro atoms. The van der Waals surface area contributed by atoms with Crippen molar-refractivity contribution in [3.8, 4) is 5.75 Å². The van der Waals surface area contributed by atoms with Crippen LogP contribution in [0.2, 0.25) is 0 Å². The molecule has 1 rings (SSSR count). The minimum Gasteiger partial charge on any atom is -0.497 e. The highest BCUT2D eigenvalue weighted by molar-refractivity contribution is 5.68. The second-order valence-electron chi connectivity index (χ2n) is 3.66. The van der Waals surface area contributed by atoms with Gasteiger partial charge in [-0.3, -0.25) is 4.79 Å². The number of carboxylic acids is 1. The summed E-state index contributed by atoms with van der Waals surface area (Å²) >= 11 is 0. The summed E-state index contributed by atoms with van der Waals surface area (Å²) in [5.41, 5.74) is 4.23. The van der Waals surface area contributed by atoms with Gasteiger partial charge in [0.1, 0.15) is 5.75 Å². The molecule has 4 nitrogen and oxygen atoms in total. The lowest BCUT2D eigenvalue weighted by Gasteiger charge is -2.18. The Bertz CT molecular complexity index is 446. The molecule has 0 heterocycles. The first-order chi connectivity index (χ1) is 8.25. The van der Waals surface area contributed by atoms with Crippen molar-refractivity contribution in [3.05, 3.63) is 29.3 Å². The van der Waals surface area contributed by atoms with Gasteiger partial charge in [0, 0.05) is 6.04 Å². The third kappa shape index (κ3) is 3.36. The van der Waals surface area contributed by atoms with Crippen LogP contribution in [-0.4, -0.2) is 18.2 Å². The van der Waals surface area contributed by atoms with Crippen LogP contribution >= 0.6 is 0 Å². The molecule has 1 aromatic rings. The van der Waals surface area contributed by atoms with Crippen molar-refractivity contribution in [1.82, 2.24) is 0 Å². The minimum absolute atomic E-state index is 0.0357. The van der Waals surface area contributed by atoms with E-state index in [0.29, 0.717) is 0 Å². The summed E-state index contributed by atoms with van der Waals surface area (Å²) in [6.07, 6.45) is -5.19. The van der Waals surface area contributed by atoms with Gasteiger partial charge in [-0.2, -0.15) is 13.2 Å². The second-order valence-corrected chi connectivity index (χ2v) is 3.66. The van der Waals surface area contributed by atoms with Gasteiger partial charge in [-0.25, -0.2) is 0 Å². The minimum atomic E-state index is -4.61. The highest BCUT2D eigenvalue weighted by atomic mass is 19.4. The van der Waals surface area contributed by atoms with E-state index < -0.39 is 30.2 Å². The Kier molecular flexibility index (Phi) is 4.18. The highest BCUT2D eigenvalue weighted by Crippen LogP contribution is 2.36. The summed E-state index contributed by atoms with van der Waals surface area (Å²) in [6.45, 7) is 0. The summed E-state index contributed by atoms with van der Waals surface area (Å²) in [5, 5.41) is 8.55. The van der Waals surface area contributed by atoms with E-state index in [1.807, 2.05) is 0 Å². The standard InChI is InChI=1S/C11H12F3NO3/c1-18-6-2-3-7(9(15)5-10(16)17)8(4-6)11(12,13)14/h2-4,9H,5,15H2,1H3,(H,16,17). The van der Waals surface area contributed by atoms with Gasteiger partial charge in [0.05, 0.1) is 19.1 Å². The molecular weight excluding hydrogens is 251 g/mol. The Morgan fingerprint density at radius 1 is 1.50 bits per heavy atom. The molecule has 100 valence electrons. The van der Waals surface area contributed by atoms with Gasteiger partial charge < -0.3 is 15.6 Å². The van der Waals surface area contributed by atoms with Crippen LogP contribution in [0.5, 0.6) is 5.75 Å². The lowest BCUT2D eigenvalue weighted by atomic mass is 9.98. The first-order valence-electron chi connectivity index (χ1n) is 4.98. The van der Waals surface area contributed by atoms with Gasteiger partial charge in [0.25, 0.3) is 0 Å².